The molecule has 1 aliphatic rings. The number of thiophene rings is 1. The third-order valence-corrected chi connectivity index (χ3v) is 7.09. The van der Waals surface area contributed by atoms with Crippen molar-refractivity contribution in [2.45, 2.75) is 56.3 Å². The molecule has 0 unspecified atom stereocenters. The summed E-state index contributed by atoms with van der Waals surface area (Å²) in [6.45, 7) is 5.12. The molecular formula is C14H24N2O2S2. The van der Waals surface area contributed by atoms with E-state index in [2.05, 4.69) is 13.8 Å². The molecule has 4 nitrogen and oxygen atoms in total. The Labute approximate surface area is 126 Å². The van der Waals surface area contributed by atoms with Gasteiger partial charge in [0.2, 0.25) is 0 Å². The summed E-state index contributed by atoms with van der Waals surface area (Å²) in [7, 11) is -3.37. The predicted molar refractivity (Wildman–Crippen MR) is 83.2 cm³/mol. The Balaban J connectivity index is 2.29. The fourth-order valence-corrected chi connectivity index (χ4v) is 5.90. The minimum absolute atomic E-state index is 0.172. The molecule has 1 heterocycles. The van der Waals surface area contributed by atoms with Gasteiger partial charge in [0.05, 0.1) is 0 Å². The first-order valence-electron chi connectivity index (χ1n) is 7.24. The van der Waals surface area contributed by atoms with E-state index >= 15 is 0 Å². The van der Waals surface area contributed by atoms with Gasteiger partial charge >= 0.3 is 0 Å². The van der Waals surface area contributed by atoms with Crippen molar-refractivity contribution in [1.82, 2.24) is 4.31 Å². The van der Waals surface area contributed by atoms with E-state index in [0.717, 1.165) is 31.2 Å². The number of hydrogen-bond acceptors (Lipinski definition) is 4. The molecule has 1 fully saturated rings. The number of nitrogens with two attached hydrogens (primary N) is 1. The van der Waals surface area contributed by atoms with E-state index in [4.69, 9.17) is 5.73 Å². The highest BCUT2D eigenvalue weighted by Crippen LogP contribution is 2.31. The number of rotatable bonds is 6. The standard InChI is InChI=1S/C14H24N2O2S2/c1-11(2)9-16(13-5-3-4-6-13)20(17,18)14-7-12(8-15)10-19-14/h7,10-11,13H,3-6,8-9,15H2,1-2H3. The highest BCUT2D eigenvalue weighted by Gasteiger charge is 2.34. The lowest BCUT2D eigenvalue weighted by molar-refractivity contribution is 0.293. The summed E-state index contributed by atoms with van der Waals surface area (Å²) in [4.78, 5) is 0. The van der Waals surface area contributed by atoms with Crippen LogP contribution in [0.3, 0.4) is 0 Å². The second kappa shape index (κ2) is 6.56. The molecular weight excluding hydrogens is 292 g/mol. The lowest BCUT2D eigenvalue weighted by Gasteiger charge is -2.29. The van der Waals surface area contributed by atoms with Gasteiger partial charge in [-0.2, -0.15) is 4.31 Å². The molecule has 0 amide bonds. The normalized spacial score (nSPS) is 17.4. The Morgan fingerprint density at radius 2 is 2.05 bits per heavy atom. The molecule has 2 N–H and O–H groups in total. The van der Waals surface area contributed by atoms with Gasteiger partial charge in [-0.05, 0) is 35.8 Å². The molecule has 1 aromatic heterocycles. The predicted octanol–water partition coefficient (Wildman–Crippen LogP) is 2.80. The zero-order chi connectivity index (χ0) is 14.8. The van der Waals surface area contributed by atoms with E-state index in [1.165, 1.54) is 11.3 Å². The van der Waals surface area contributed by atoms with E-state index in [9.17, 15) is 8.42 Å². The summed E-state index contributed by atoms with van der Waals surface area (Å²) in [6.07, 6.45) is 4.24. The van der Waals surface area contributed by atoms with Crippen LogP contribution in [0.1, 0.15) is 45.1 Å². The monoisotopic (exact) mass is 316 g/mol. The quantitative estimate of drug-likeness (QED) is 0.877. The molecule has 1 saturated carbocycles. The Hall–Kier alpha value is -0.430. The zero-order valence-corrected chi connectivity index (χ0v) is 13.8. The third kappa shape index (κ3) is 3.42. The molecule has 0 aliphatic heterocycles. The van der Waals surface area contributed by atoms with Crippen molar-refractivity contribution in [2.75, 3.05) is 6.54 Å². The van der Waals surface area contributed by atoms with E-state index in [1.54, 1.807) is 10.4 Å². The van der Waals surface area contributed by atoms with Crippen LogP contribution in [-0.4, -0.2) is 25.3 Å². The van der Waals surface area contributed by atoms with Gasteiger partial charge in [0.25, 0.3) is 10.0 Å². The zero-order valence-electron chi connectivity index (χ0n) is 12.2. The Bertz CT molecular complexity index is 531. The number of nitrogens with zero attached hydrogens (tertiary/aromatic N) is 1. The molecule has 0 saturated heterocycles. The van der Waals surface area contributed by atoms with E-state index in [-0.39, 0.29) is 6.04 Å². The molecule has 20 heavy (non-hydrogen) atoms. The smallest absolute Gasteiger partial charge is 0.252 e. The van der Waals surface area contributed by atoms with Crippen molar-refractivity contribution in [3.05, 3.63) is 17.0 Å². The molecule has 6 heteroatoms. The van der Waals surface area contributed by atoms with E-state index < -0.39 is 10.0 Å². The average Bonchev–Trinajstić information content (AvgIpc) is 3.06. The minimum atomic E-state index is -3.37. The lowest BCUT2D eigenvalue weighted by atomic mass is 10.2. The number of hydrogen-bond donors (Lipinski definition) is 1. The maximum absolute atomic E-state index is 12.9. The maximum atomic E-state index is 12.9. The van der Waals surface area contributed by atoms with Crippen molar-refractivity contribution >= 4 is 21.4 Å². The van der Waals surface area contributed by atoms with Gasteiger partial charge in [-0.25, -0.2) is 8.42 Å². The van der Waals surface area contributed by atoms with Crippen LogP contribution >= 0.6 is 11.3 Å². The highest BCUT2D eigenvalue weighted by atomic mass is 32.2. The van der Waals surface area contributed by atoms with Gasteiger partial charge in [-0.3, -0.25) is 0 Å². The maximum Gasteiger partial charge on any atom is 0.252 e. The largest absolute Gasteiger partial charge is 0.326 e. The average molecular weight is 316 g/mol. The molecule has 1 aromatic rings. The summed E-state index contributed by atoms with van der Waals surface area (Å²) >= 11 is 1.29. The van der Waals surface area contributed by atoms with E-state index in [0.29, 0.717) is 23.2 Å². The summed E-state index contributed by atoms with van der Waals surface area (Å²) in [5.74, 6) is 0.333. The molecule has 0 atom stereocenters. The van der Waals surface area contributed by atoms with Gasteiger partial charge in [0.15, 0.2) is 0 Å². The van der Waals surface area contributed by atoms with Crippen LogP contribution in [-0.2, 0) is 16.6 Å². The van der Waals surface area contributed by atoms with Gasteiger partial charge < -0.3 is 5.73 Å². The van der Waals surface area contributed by atoms with Crippen molar-refractivity contribution < 1.29 is 8.42 Å². The molecule has 114 valence electrons. The Morgan fingerprint density at radius 1 is 1.40 bits per heavy atom. The summed E-state index contributed by atoms with van der Waals surface area (Å²) in [5.41, 5.74) is 6.48. The molecule has 0 aromatic carbocycles. The Kier molecular flexibility index (Phi) is 5.23. The first-order valence-corrected chi connectivity index (χ1v) is 9.56. The second-order valence-corrected chi connectivity index (χ2v) is 8.91. The van der Waals surface area contributed by atoms with Crippen LogP contribution in [0.4, 0.5) is 0 Å². The topological polar surface area (TPSA) is 63.4 Å². The van der Waals surface area contributed by atoms with Crippen molar-refractivity contribution in [2.24, 2.45) is 11.7 Å². The van der Waals surface area contributed by atoms with Gasteiger partial charge in [0, 0.05) is 19.1 Å². The minimum Gasteiger partial charge on any atom is -0.326 e. The van der Waals surface area contributed by atoms with Crippen molar-refractivity contribution in [3.63, 3.8) is 0 Å². The SMILES string of the molecule is CC(C)CN(C1CCCC1)S(=O)(=O)c1cc(CN)cs1. The molecule has 2 rings (SSSR count). The molecule has 0 spiro atoms. The first-order chi connectivity index (χ1) is 9.45. The fourth-order valence-electron chi connectivity index (χ4n) is 2.71. The van der Waals surface area contributed by atoms with Crippen molar-refractivity contribution in [1.29, 1.82) is 0 Å². The molecule has 0 radical (unpaired) electrons. The van der Waals surface area contributed by atoms with Crippen LogP contribution in [0.15, 0.2) is 15.7 Å². The summed E-state index contributed by atoms with van der Waals surface area (Å²) in [5, 5.41) is 1.84. The second-order valence-electron chi connectivity index (χ2n) is 5.88. The highest BCUT2D eigenvalue weighted by molar-refractivity contribution is 7.91. The lowest BCUT2D eigenvalue weighted by Crippen LogP contribution is -2.40. The van der Waals surface area contributed by atoms with Crippen LogP contribution in [0.5, 0.6) is 0 Å². The summed E-state index contributed by atoms with van der Waals surface area (Å²) in [6, 6.07) is 1.90. The fraction of sp³-hybridized carbons (Fsp3) is 0.714. The summed E-state index contributed by atoms with van der Waals surface area (Å²) < 4.78 is 27.9. The van der Waals surface area contributed by atoms with Crippen LogP contribution < -0.4 is 5.73 Å². The molecule has 0 bridgehead atoms. The first kappa shape index (κ1) is 15.9. The molecule has 1 aliphatic carbocycles. The van der Waals surface area contributed by atoms with Gasteiger partial charge in [0.1, 0.15) is 4.21 Å². The van der Waals surface area contributed by atoms with E-state index in [1.807, 2.05) is 5.38 Å². The van der Waals surface area contributed by atoms with Crippen molar-refractivity contribution in [3.8, 4) is 0 Å². The number of sulfonamides is 1. The van der Waals surface area contributed by atoms with Crippen LogP contribution in [0.25, 0.3) is 0 Å². The van der Waals surface area contributed by atoms with Gasteiger partial charge in [-0.1, -0.05) is 26.7 Å². The third-order valence-electron chi connectivity index (χ3n) is 3.71. The van der Waals surface area contributed by atoms with Crippen LogP contribution in [0.2, 0.25) is 0 Å². The van der Waals surface area contributed by atoms with Gasteiger partial charge in [-0.15, -0.1) is 11.3 Å². The van der Waals surface area contributed by atoms with Crippen LogP contribution in [0, 0.1) is 5.92 Å². The Morgan fingerprint density at radius 3 is 2.55 bits per heavy atom.